The molecule has 0 amide bonds. The Bertz CT molecular complexity index is 4500. The normalized spacial score (nSPS) is 28.4. The van der Waals surface area contributed by atoms with E-state index in [0.717, 1.165) is 26.7 Å². The average molecular weight is 2520 g/mol. The van der Waals surface area contributed by atoms with E-state index < -0.39 is 140 Å². The zero-order chi connectivity index (χ0) is 107. The molecular formula is C111H185Br2I3O20Si5. The molecule has 3 aromatic carbocycles. The van der Waals surface area contributed by atoms with E-state index in [1.165, 1.54) is 10.0 Å². The highest BCUT2D eigenvalue weighted by atomic mass is 128. The van der Waals surface area contributed by atoms with Crippen molar-refractivity contribution >= 4 is 134 Å². The highest BCUT2D eigenvalue weighted by Crippen LogP contribution is 2.52. The van der Waals surface area contributed by atoms with Crippen LogP contribution in [0.5, 0.6) is 0 Å². The predicted octanol–water partition coefficient (Wildman–Crippen LogP) is 23.0. The number of aliphatic hydroxyl groups is 11. The molecule has 0 unspecified atom stereocenters. The maximum absolute atomic E-state index is 11.2. The molecule has 0 aliphatic carbocycles. The first kappa shape index (κ1) is 134. The number of rotatable bonds is 28. The van der Waals surface area contributed by atoms with Gasteiger partial charge < -0.3 is 97.6 Å². The summed E-state index contributed by atoms with van der Waals surface area (Å²) in [6.45, 7) is 85.0. The molecule has 5 aliphatic rings. The fourth-order valence-corrected chi connectivity index (χ4v) is 46.8. The van der Waals surface area contributed by atoms with Crippen LogP contribution in [0, 0.1) is 88.4 Å². The summed E-state index contributed by atoms with van der Waals surface area (Å²) in [7, 11) is -10.6. The lowest BCUT2D eigenvalue weighted by Gasteiger charge is -2.54. The van der Waals surface area contributed by atoms with E-state index in [4.69, 9.17) is 41.4 Å². The highest BCUT2D eigenvalue weighted by Gasteiger charge is 2.59. The summed E-state index contributed by atoms with van der Waals surface area (Å²) < 4.78 is 63.0. The van der Waals surface area contributed by atoms with Crippen LogP contribution < -0.4 is 0 Å². The van der Waals surface area contributed by atoms with E-state index in [-0.39, 0.29) is 116 Å². The van der Waals surface area contributed by atoms with Gasteiger partial charge >= 0.3 is 0 Å². The molecule has 0 saturated carbocycles. The van der Waals surface area contributed by atoms with Crippen LogP contribution in [-0.2, 0) is 41.4 Å². The smallest absolute Gasteiger partial charge is 0.201 e. The van der Waals surface area contributed by atoms with Gasteiger partial charge in [-0.2, -0.15) is 0 Å². The van der Waals surface area contributed by atoms with Gasteiger partial charge in [0, 0.05) is 74.3 Å². The average Bonchev–Trinajstić information content (AvgIpc) is 0.753. The zero-order valence-corrected chi connectivity index (χ0v) is 107. The van der Waals surface area contributed by atoms with Gasteiger partial charge in [-0.05, 0) is 179 Å². The van der Waals surface area contributed by atoms with Gasteiger partial charge in [-0.25, -0.2) is 0 Å². The SMILES string of the molecule is CC(C)[Si](O[C@H]1[C@@H](C)[C@H](C)[C@@H](CO)O[C@@H]1C#C[Si](C)(C)C)(C(C)C)C(C)C.CC(C)c1cc(Br)ccc1Br.CC(C)c1cc(C#C[C@H]2O[C@H](CO)[C@@H](C)[C@H](C)[C@@H]2O[Si](C(C)C)(C(C)C)C(C)C)ccc1C#C[C@H]1O[C@H](CO)[C@@H](O[Si](C(C)C)(C(C)C)C(C)C)[C@H](O[Si](C(C)C)(C(C)C)C(C)C)[C@@H]1C.CC(C)c1cc(C#C[C@H]2O[C@H](CO)[C@@H](O)[C@H](O)[C@@H]2O)ccc1C#C[C@H]1O[C@H](CO)[C@@H](O)[C@H](O)[C@@H]1O.I.II. The molecule has 0 bridgehead atoms. The summed E-state index contributed by atoms with van der Waals surface area (Å²) in [5.41, 5.74) is 14.9. The maximum Gasteiger partial charge on any atom is 0.201 e. The molecule has 0 radical (unpaired) electrons. The quantitative estimate of drug-likeness (QED) is 0.0183. The van der Waals surface area contributed by atoms with Crippen LogP contribution in [0.1, 0.15) is 299 Å². The van der Waals surface area contributed by atoms with Gasteiger partial charge in [-0.3, -0.25) is 0 Å². The fraction of sp³-hybridized carbons (Fsp3) is 0.748. The molecular weight excluding hydrogens is 2330 g/mol. The standard InChI is InChI=1S/C55H98O7Si3.C25H32O10.C22H44O3Si2.C9H10Br2.I2.HI/c1-33(2)48-30-46(25-28-50-53(44(22)43(21)51(31-56)59-50)60-63(34(3)4,35(5)6)36(7)8)24-26-47(48)27-29-49-45(23)54(61-64(37(9)10,38(11)12)39(13)14)55(52(32-57)58-49)62-65(40(15)16,41(17)18)42(19)20;1-12(2)15-9-13(4-7-16-20(28)24(32)22(30)18(10-26)34-16)3-5-14(15)6-8-17-21(29)25(33)23(31)19(11-27)35-17;1-15(2)27(16(3)4,17(5)6)25-22-19(8)18(7)21(14-23)24-20(22)12-13-26(9,10)11;1-6(2)8-5-7(10)3-4-9(8)11;1-2;/h24,26,30,33-45,49-57H,31-32H2,1-23H3;3,5,9,12,16-33H,10-11H2,1-2H3;15-23H,14H2,1-11H3;3-6H,1-2H3;;1H/t43-,44-,45+,49+,50+,51+,52+,53-,54+,55+;16-,17-,18-,19-,20-,21-,22-,23-,24-,25-;18-,19-,20+,21+,22-;;;/m010.../s1. The minimum Gasteiger partial charge on any atom is -0.410 e. The van der Waals surface area contributed by atoms with Gasteiger partial charge in [0.2, 0.25) is 33.3 Å². The lowest BCUT2D eigenvalue weighted by atomic mass is 9.81. The van der Waals surface area contributed by atoms with Crippen molar-refractivity contribution in [2.75, 3.05) is 33.0 Å². The Morgan fingerprint density at radius 1 is 0.305 bits per heavy atom. The third-order valence-electron chi connectivity index (χ3n) is 30.6. The minimum absolute atomic E-state index is 0. The van der Waals surface area contributed by atoms with Gasteiger partial charge in [-0.15, -0.1) is 29.5 Å². The number of hydrogen-bond acceptors (Lipinski definition) is 20. The summed E-state index contributed by atoms with van der Waals surface area (Å²) in [5.74, 6) is 30.5. The Kier molecular flexibility index (Phi) is 57.5. The molecule has 5 heterocycles. The van der Waals surface area contributed by atoms with E-state index >= 15 is 0 Å². The van der Waals surface area contributed by atoms with Crippen molar-refractivity contribution in [2.45, 2.75) is 468 Å². The van der Waals surface area contributed by atoms with Crippen LogP contribution in [0.15, 0.2) is 63.5 Å². The van der Waals surface area contributed by atoms with Gasteiger partial charge in [-0.1, -0.05) is 347 Å². The summed E-state index contributed by atoms with van der Waals surface area (Å²) in [6.07, 6.45) is -16.3. The largest absolute Gasteiger partial charge is 0.410 e. The molecule has 5 fully saturated rings. The number of halogens is 5. The lowest BCUT2D eigenvalue weighted by Crippen LogP contribution is -2.65. The molecule has 8 rings (SSSR count). The molecule has 804 valence electrons. The van der Waals surface area contributed by atoms with Gasteiger partial charge in [0.25, 0.3) is 0 Å². The van der Waals surface area contributed by atoms with Crippen LogP contribution in [0.4, 0.5) is 0 Å². The maximum atomic E-state index is 11.2. The number of aliphatic hydroxyl groups excluding tert-OH is 11. The second-order valence-corrected chi connectivity index (χ2v) is 73.7. The van der Waals surface area contributed by atoms with Gasteiger partial charge in [0.05, 0.1) is 69.7 Å². The van der Waals surface area contributed by atoms with Crippen LogP contribution >= 0.6 is 93.1 Å². The number of hydrogen-bond donors (Lipinski definition) is 11. The molecule has 30 heteroatoms. The monoisotopic (exact) mass is 2520 g/mol. The molecule has 0 spiro atoms. The highest BCUT2D eigenvalue weighted by molar-refractivity contribution is 15.0. The molecule has 11 N–H and O–H groups in total. The molecule has 25 atom stereocenters. The Labute approximate surface area is 915 Å². The second kappa shape index (κ2) is 60.5. The Morgan fingerprint density at radius 2 is 0.582 bits per heavy atom. The molecule has 3 aromatic rings. The van der Waals surface area contributed by atoms with Crippen LogP contribution in [-0.4, -0.2) is 253 Å². The van der Waals surface area contributed by atoms with Gasteiger partial charge in [0.15, 0.2) is 0 Å². The Balaban J connectivity index is 0.000000557. The van der Waals surface area contributed by atoms with Gasteiger partial charge in [0.1, 0.15) is 93.5 Å². The van der Waals surface area contributed by atoms with E-state index in [0.29, 0.717) is 89.5 Å². The first-order valence-electron chi connectivity index (χ1n) is 51.7. The first-order valence-corrected chi connectivity index (χ1v) is 71.6. The molecule has 5 saturated heterocycles. The van der Waals surface area contributed by atoms with Crippen molar-refractivity contribution < 1.29 is 97.6 Å². The van der Waals surface area contributed by atoms with Crippen molar-refractivity contribution in [1.82, 2.24) is 0 Å². The lowest BCUT2D eigenvalue weighted by molar-refractivity contribution is -0.214. The fourth-order valence-electron chi connectivity index (χ4n) is 22.6. The Hall–Kier alpha value is -1.11. The van der Waals surface area contributed by atoms with Crippen molar-refractivity contribution in [3.63, 3.8) is 0 Å². The second-order valence-electron chi connectivity index (χ2n) is 45.6. The topological polar surface area (TPSA) is 306 Å². The third-order valence-corrected chi connectivity index (χ3v) is 57.0. The summed E-state index contributed by atoms with van der Waals surface area (Å²) >= 11 is 11.2. The van der Waals surface area contributed by atoms with Crippen molar-refractivity contribution in [1.29, 1.82) is 0 Å². The van der Waals surface area contributed by atoms with Crippen LogP contribution in [0.3, 0.4) is 0 Å². The zero-order valence-electron chi connectivity index (χ0n) is 92.3. The Morgan fingerprint density at radius 3 is 0.879 bits per heavy atom. The summed E-state index contributed by atoms with van der Waals surface area (Å²) in [6, 6.07) is 17.8. The number of ether oxygens (including phenoxy) is 5. The molecule has 5 aliphatic heterocycles. The molecule has 141 heavy (non-hydrogen) atoms. The van der Waals surface area contributed by atoms with E-state index in [1.54, 1.807) is 18.2 Å². The van der Waals surface area contributed by atoms with Crippen LogP contribution in [0.2, 0.25) is 86.1 Å². The van der Waals surface area contributed by atoms with Crippen molar-refractivity contribution in [3.05, 3.63) is 102 Å². The molecule has 20 nitrogen and oxygen atoms in total. The summed E-state index contributed by atoms with van der Waals surface area (Å²) in [5, 5.41) is 110. The van der Waals surface area contributed by atoms with Crippen molar-refractivity contribution in [2.24, 2.45) is 29.6 Å². The number of benzene rings is 3. The summed E-state index contributed by atoms with van der Waals surface area (Å²) in [4.78, 5) is 0. The van der Waals surface area contributed by atoms with E-state index in [1.807, 2.05) is 19.9 Å². The van der Waals surface area contributed by atoms with E-state index in [2.05, 4.69) is 406 Å². The molecule has 0 aromatic heterocycles. The third kappa shape index (κ3) is 33.7. The minimum atomic E-state index is -2.41. The predicted molar refractivity (Wildman–Crippen MR) is 623 cm³/mol. The van der Waals surface area contributed by atoms with Crippen molar-refractivity contribution in [3.8, 4) is 58.8 Å². The van der Waals surface area contributed by atoms with E-state index in [9.17, 15) is 56.2 Å². The van der Waals surface area contributed by atoms with Crippen LogP contribution in [0.25, 0.3) is 0 Å². The first-order chi connectivity index (χ1) is 65.1.